The van der Waals surface area contributed by atoms with Crippen LogP contribution in [0.25, 0.3) is 21.7 Å². The molecule has 182 valence electrons. The number of thiophene rings is 1. The summed E-state index contributed by atoms with van der Waals surface area (Å²) in [6, 6.07) is 13.4. The quantitative estimate of drug-likeness (QED) is 0.267. The molecule has 0 radical (unpaired) electrons. The number of anilines is 1. The lowest BCUT2D eigenvalue weighted by atomic mass is 10.1. The molecule has 0 bridgehead atoms. The van der Waals surface area contributed by atoms with E-state index < -0.39 is 5.82 Å². The van der Waals surface area contributed by atoms with Gasteiger partial charge in [-0.3, -0.25) is 9.78 Å². The highest BCUT2D eigenvalue weighted by Crippen LogP contribution is 2.38. The maximum atomic E-state index is 15.4. The molecule has 2 aromatic heterocycles. The van der Waals surface area contributed by atoms with Gasteiger partial charge in [0.15, 0.2) is 23.1 Å². The third-order valence-electron chi connectivity index (χ3n) is 5.69. The molecule has 5 rings (SSSR count). The first kappa shape index (κ1) is 23.4. The fourth-order valence-electron chi connectivity index (χ4n) is 3.89. The third-order valence-corrected chi connectivity index (χ3v) is 6.42. The molecule has 2 heterocycles. The van der Waals surface area contributed by atoms with E-state index in [0.29, 0.717) is 55.9 Å². The minimum absolute atomic E-state index is 0.0598. The Bertz CT molecular complexity index is 1600. The average Bonchev–Trinajstić information content (AvgIpc) is 3.39. The van der Waals surface area contributed by atoms with Crippen LogP contribution in [0.2, 0.25) is 0 Å². The van der Waals surface area contributed by atoms with Crippen molar-refractivity contribution in [1.82, 2.24) is 4.98 Å². The summed E-state index contributed by atoms with van der Waals surface area (Å²) in [5.41, 5.74) is 1.60. The second-order valence-corrected chi connectivity index (χ2v) is 8.50. The molecule has 0 fully saturated rings. The lowest BCUT2D eigenvalue weighted by molar-refractivity contribution is 0.102. The van der Waals surface area contributed by atoms with Gasteiger partial charge >= 0.3 is 0 Å². The smallest absolute Gasteiger partial charge is 0.260 e. The second kappa shape index (κ2) is 9.71. The molecule has 1 N–H and O–H groups in total. The van der Waals surface area contributed by atoms with Crippen molar-refractivity contribution in [1.29, 1.82) is 0 Å². The number of halogens is 1. The largest absolute Gasteiger partial charge is 0.495 e. The molecule has 1 amide bonds. The molecule has 0 spiro atoms. The van der Waals surface area contributed by atoms with Crippen LogP contribution in [-0.2, 0) is 0 Å². The molecule has 0 unspecified atom stereocenters. The SMILES string of the molecule is COc1cc2nccc(Oc3ccc4cc(NC(=O)c5cscc5OC)ccc4c3F)c2cc1OC. The third kappa shape index (κ3) is 4.25. The van der Waals surface area contributed by atoms with Crippen LogP contribution in [0.3, 0.4) is 0 Å². The molecule has 0 saturated heterocycles. The zero-order valence-electron chi connectivity index (χ0n) is 19.6. The van der Waals surface area contributed by atoms with Crippen LogP contribution in [-0.4, -0.2) is 32.2 Å². The first-order valence-electron chi connectivity index (χ1n) is 10.8. The Morgan fingerprint density at radius 1 is 0.833 bits per heavy atom. The number of amides is 1. The van der Waals surface area contributed by atoms with Gasteiger partial charge in [0, 0.05) is 39.5 Å². The number of hydrogen-bond donors (Lipinski definition) is 1. The number of nitrogens with zero attached hydrogens (tertiary/aromatic N) is 1. The summed E-state index contributed by atoms with van der Waals surface area (Å²) in [4.78, 5) is 17.0. The van der Waals surface area contributed by atoms with E-state index in [2.05, 4.69) is 10.3 Å². The molecule has 9 heteroatoms. The monoisotopic (exact) mass is 504 g/mol. The van der Waals surface area contributed by atoms with Crippen molar-refractivity contribution >= 4 is 44.6 Å². The molecule has 0 aliphatic carbocycles. The molecule has 0 aliphatic rings. The summed E-state index contributed by atoms with van der Waals surface area (Å²) in [7, 11) is 4.60. The number of aromatic nitrogens is 1. The van der Waals surface area contributed by atoms with Crippen LogP contribution in [0.5, 0.6) is 28.7 Å². The summed E-state index contributed by atoms with van der Waals surface area (Å²) in [6.45, 7) is 0. The Labute approximate surface area is 210 Å². The highest BCUT2D eigenvalue weighted by Gasteiger charge is 2.16. The lowest BCUT2D eigenvalue weighted by Gasteiger charge is -2.13. The summed E-state index contributed by atoms with van der Waals surface area (Å²) < 4.78 is 37.4. The molecule has 0 atom stereocenters. The average molecular weight is 505 g/mol. The van der Waals surface area contributed by atoms with Crippen molar-refractivity contribution < 1.29 is 28.1 Å². The summed E-state index contributed by atoms with van der Waals surface area (Å²) in [6.07, 6.45) is 1.58. The van der Waals surface area contributed by atoms with Crippen molar-refractivity contribution in [2.45, 2.75) is 0 Å². The molecule has 36 heavy (non-hydrogen) atoms. The number of hydrogen-bond acceptors (Lipinski definition) is 7. The van der Waals surface area contributed by atoms with E-state index in [9.17, 15) is 4.79 Å². The standard InChI is InChI=1S/C27H21FN2O5S/c1-32-23-11-18-20(12-24(23)33-2)29-9-8-21(18)35-22-7-4-15-10-16(5-6-17(15)26(22)28)30-27(31)19-13-36-14-25(19)34-3/h4-14H,1-3H3,(H,30,31). The summed E-state index contributed by atoms with van der Waals surface area (Å²) >= 11 is 1.37. The van der Waals surface area contributed by atoms with E-state index in [1.807, 2.05) is 0 Å². The number of pyridine rings is 1. The Hall–Kier alpha value is -4.37. The van der Waals surface area contributed by atoms with Gasteiger partial charge in [0.05, 0.1) is 32.4 Å². The number of fused-ring (bicyclic) bond motifs is 2. The molecule has 5 aromatic rings. The van der Waals surface area contributed by atoms with Crippen LogP contribution in [0.15, 0.2) is 65.5 Å². The van der Waals surface area contributed by atoms with E-state index in [-0.39, 0.29) is 11.7 Å². The van der Waals surface area contributed by atoms with Gasteiger partial charge in [-0.15, -0.1) is 11.3 Å². The van der Waals surface area contributed by atoms with Gasteiger partial charge in [-0.05, 0) is 41.8 Å². The van der Waals surface area contributed by atoms with E-state index in [1.165, 1.54) is 25.6 Å². The van der Waals surface area contributed by atoms with Crippen LogP contribution in [0, 0.1) is 5.82 Å². The fourth-order valence-corrected chi connectivity index (χ4v) is 4.66. The van der Waals surface area contributed by atoms with Gasteiger partial charge in [-0.2, -0.15) is 0 Å². The highest BCUT2D eigenvalue weighted by molar-refractivity contribution is 7.08. The summed E-state index contributed by atoms with van der Waals surface area (Å²) in [5.74, 6) is 1.21. The summed E-state index contributed by atoms with van der Waals surface area (Å²) in [5, 5.41) is 7.92. The predicted molar refractivity (Wildman–Crippen MR) is 138 cm³/mol. The van der Waals surface area contributed by atoms with Crippen LogP contribution < -0.4 is 24.3 Å². The molecule has 7 nitrogen and oxygen atoms in total. The van der Waals surface area contributed by atoms with E-state index in [4.69, 9.17) is 18.9 Å². The number of benzene rings is 3. The van der Waals surface area contributed by atoms with Gasteiger partial charge in [-0.25, -0.2) is 4.39 Å². The Morgan fingerprint density at radius 3 is 2.39 bits per heavy atom. The lowest BCUT2D eigenvalue weighted by Crippen LogP contribution is -2.11. The van der Waals surface area contributed by atoms with Gasteiger partial charge in [0.2, 0.25) is 0 Å². The minimum Gasteiger partial charge on any atom is -0.495 e. The van der Waals surface area contributed by atoms with E-state index >= 15 is 4.39 Å². The zero-order valence-corrected chi connectivity index (χ0v) is 20.4. The van der Waals surface area contributed by atoms with E-state index in [1.54, 1.807) is 72.6 Å². The van der Waals surface area contributed by atoms with Crippen LogP contribution in [0.4, 0.5) is 10.1 Å². The molecular formula is C27H21FN2O5S. The Kier molecular flexibility index (Phi) is 6.30. The Morgan fingerprint density at radius 2 is 1.61 bits per heavy atom. The van der Waals surface area contributed by atoms with Gasteiger partial charge in [0.25, 0.3) is 5.91 Å². The van der Waals surface area contributed by atoms with Crippen LogP contribution in [0.1, 0.15) is 10.4 Å². The predicted octanol–water partition coefficient (Wildman–Crippen LogP) is 6.66. The molecule has 3 aromatic carbocycles. The number of ether oxygens (including phenoxy) is 4. The topological polar surface area (TPSA) is 78.9 Å². The molecule has 0 aliphatic heterocycles. The molecule has 0 saturated carbocycles. The number of nitrogens with one attached hydrogen (secondary N) is 1. The van der Waals surface area contributed by atoms with Crippen molar-refractivity contribution in [3.8, 4) is 28.7 Å². The first-order valence-corrected chi connectivity index (χ1v) is 11.8. The maximum Gasteiger partial charge on any atom is 0.260 e. The highest BCUT2D eigenvalue weighted by atomic mass is 32.1. The maximum absolute atomic E-state index is 15.4. The normalized spacial score (nSPS) is 10.9. The molecular weight excluding hydrogens is 483 g/mol. The zero-order chi connectivity index (χ0) is 25.2. The van der Waals surface area contributed by atoms with Gasteiger partial charge in [0.1, 0.15) is 11.5 Å². The Balaban J connectivity index is 1.45. The fraction of sp³-hybridized carbons (Fsp3) is 0.111. The van der Waals surface area contributed by atoms with Crippen molar-refractivity contribution in [3.63, 3.8) is 0 Å². The van der Waals surface area contributed by atoms with Gasteiger partial charge in [-0.1, -0.05) is 6.07 Å². The van der Waals surface area contributed by atoms with Gasteiger partial charge < -0.3 is 24.3 Å². The number of rotatable bonds is 7. The van der Waals surface area contributed by atoms with Crippen molar-refractivity contribution in [2.24, 2.45) is 0 Å². The van der Waals surface area contributed by atoms with Crippen molar-refractivity contribution in [2.75, 3.05) is 26.6 Å². The second-order valence-electron chi connectivity index (χ2n) is 7.76. The van der Waals surface area contributed by atoms with Crippen molar-refractivity contribution in [3.05, 3.63) is 76.9 Å². The number of carbonyl (C=O) groups is 1. The number of carbonyl (C=O) groups excluding carboxylic acids is 1. The minimum atomic E-state index is -0.518. The number of methoxy groups -OCH3 is 3. The first-order chi connectivity index (χ1) is 17.5. The van der Waals surface area contributed by atoms with E-state index in [0.717, 1.165) is 0 Å². The van der Waals surface area contributed by atoms with Crippen LogP contribution >= 0.6 is 11.3 Å².